The summed E-state index contributed by atoms with van der Waals surface area (Å²) in [6.45, 7) is 3.89. The topological polar surface area (TPSA) is 81.8 Å². The van der Waals surface area contributed by atoms with Gasteiger partial charge in [-0.15, -0.1) is 0 Å². The SMILES string of the molecule is CNC.Cc1[nH]nc2ncc(C#Cc3cncc(Nc4ccc(CN5CCCC5)c(C(F)(F)F)c4)c3)cc12. The zero-order valence-corrected chi connectivity index (χ0v) is 21.6. The van der Waals surface area contributed by atoms with Gasteiger partial charge in [0, 0.05) is 46.8 Å². The summed E-state index contributed by atoms with van der Waals surface area (Å²) in [4.78, 5) is 10.5. The molecule has 0 radical (unpaired) electrons. The van der Waals surface area contributed by atoms with Gasteiger partial charge in [-0.2, -0.15) is 18.3 Å². The van der Waals surface area contributed by atoms with Crippen molar-refractivity contribution in [3.8, 4) is 11.8 Å². The molecule has 1 fully saturated rings. The summed E-state index contributed by atoms with van der Waals surface area (Å²) in [6, 6.07) is 8.05. The van der Waals surface area contributed by atoms with Crippen molar-refractivity contribution >= 4 is 22.4 Å². The Morgan fingerprint density at radius 2 is 1.68 bits per heavy atom. The first-order valence-corrected chi connectivity index (χ1v) is 12.3. The van der Waals surface area contributed by atoms with Gasteiger partial charge in [-0.25, -0.2) is 4.98 Å². The number of pyridine rings is 2. The van der Waals surface area contributed by atoms with Crippen LogP contribution in [0.4, 0.5) is 24.5 Å². The van der Waals surface area contributed by atoms with Crippen molar-refractivity contribution < 1.29 is 13.2 Å². The molecular formula is C28H30F3N7. The Bertz CT molecular complexity index is 1440. The number of nitrogens with one attached hydrogen (secondary N) is 3. The van der Waals surface area contributed by atoms with Crippen LogP contribution in [-0.2, 0) is 12.7 Å². The molecule has 5 rings (SSSR count). The van der Waals surface area contributed by atoms with Gasteiger partial charge >= 0.3 is 6.18 Å². The maximum Gasteiger partial charge on any atom is 0.416 e. The Kier molecular flexibility index (Phi) is 8.61. The summed E-state index contributed by atoms with van der Waals surface area (Å²) in [5.41, 5.74) is 3.47. The lowest BCUT2D eigenvalue weighted by Gasteiger charge is -2.20. The van der Waals surface area contributed by atoms with E-state index >= 15 is 0 Å². The molecule has 0 aliphatic carbocycles. The van der Waals surface area contributed by atoms with Crippen LogP contribution in [0.1, 0.15) is 40.8 Å². The lowest BCUT2D eigenvalue weighted by Crippen LogP contribution is -2.21. The van der Waals surface area contributed by atoms with Crippen LogP contribution in [0.15, 0.2) is 48.9 Å². The maximum atomic E-state index is 13.8. The Hall–Kier alpha value is -3.94. The van der Waals surface area contributed by atoms with E-state index in [-0.39, 0.29) is 0 Å². The van der Waals surface area contributed by atoms with Gasteiger partial charge in [0.05, 0.1) is 17.4 Å². The molecule has 3 aromatic heterocycles. The highest BCUT2D eigenvalue weighted by atomic mass is 19.4. The number of anilines is 2. The zero-order chi connectivity index (χ0) is 27.1. The Labute approximate surface area is 219 Å². The summed E-state index contributed by atoms with van der Waals surface area (Å²) < 4.78 is 41.3. The third-order valence-corrected chi connectivity index (χ3v) is 5.99. The number of nitrogens with zero attached hydrogens (tertiary/aromatic N) is 4. The highest BCUT2D eigenvalue weighted by Gasteiger charge is 2.34. The van der Waals surface area contributed by atoms with E-state index in [0.29, 0.717) is 34.7 Å². The molecule has 0 atom stereocenters. The van der Waals surface area contributed by atoms with Gasteiger partial charge in [0.15, 0.2) is 5.65 Å². The zero-order valence-electron chi connectivity index (χ0n) is 21.6. The molecule has 1 aliphatic rings. The molecule has 1 saturated heterocycles. The molecule has 7 nitrogen and oxygen atoms in total. The fraction of sp³-hybridized carbons (Fsp3) is 0.321. The molecule has 3 N–H and O–H groups in total. The predicted molar refractivity (Wildman–Crippen MR) is 143 cm³/mol. The molecule has 0 amide bonds. The Balaban J connectivity index is 0.00000107. The Morgan fingerprint density at radius 3 is 2.39 bits per heavy atom. The average molecular weight is 522 g/mol. The van der Waals surface area contributed by atoms with E-state index in [4.69, 9.17) is 0 Å². The molecule has 38 heavy (non-hydrogen) atoms. The largest absolute Gasteiger partial charge is 0.416 e. The van der Waals surface area contributed by atoms with Crippen LogP contribution in [0.3, 0.4) is 0 Å². The lowest BCUT2D eigenvalue weighted by molar-refractivity contribution is -0.138. The normalized spacial score (nSPS) is 13.5. The number of aromatic nitrogens is 4. The molecule has 0 saturated carbocycles. The van der Waals surface area contributed by atoms with Gasteiger partial charge in [0.25, 0.3) is 0 Å². The second-order valence-electron chi connectivity index (χ2n) is 9.13. The highest BCUT2D eigenvalue weighted by molar-refractivity contribution is 5.78. The maximum absolute atomic E-state index is 13.8. The molecule has 1 aromatic carbocycles. The molecule has 4 heterocycles. The van der Waals surface area contributed by atoms with Crippen LogP contribution in [0.25, 0.3) is 11.0 Å². The third-order valence-electron chi connectivity index (χ3n) is 5.99. The first kappa shape index (κ1) is 27.1. The first-order valence-electron chi connectivity index (χ1n) is 12.3. The molecular weight excluding hydrogens is 491 g/mol. The van der Waals surface area contributed by atoms with E-state index in [1.807, 2.05) is 27.1 Å². The van der Waals surface area contributed by atoms with Crippen LogP contribution >= 0.6 is 0 Å². The standard InChI is InChI=1S/C26H23F3N6.C2H7N/c1-17-23-11-19(14-31-25(23)34-33-17)5-4-18-10-22(15-30-13-18)32-21-7-6-20(16-35-8-2-3-9-35)24(12-21)26(27,28)29;1-3-2/h6-7,10-15,32H,2-3,8-9,16H2,1H3,(H,31,33,34);3H,1-2H3. The number of H-pyrrole nitrogens is 1. The van der Waals surface area contributed by atoms with Crippen LogP contribution in [0.2, 0.25) is 0 Å². The lowest BCUT2D eigenvalue weighted by atomic mass is 10.1. The van der Waals surface area contributed by atoms with Crippen LogP contribution in [0, 0.1) is 18.8 Å². The summed E-state index contributed by atoms with van der Waals surface area (Å²) in [7, 11) is 3.75. The minimum Gasteiger partial charge on any atom is -0.354 e. The molecule has 0 unspecified atom stereocenters. The molecule has 10 heteroatoms. The molecule has 0 spiro atoms. The van der Waals surface area contributed by atoms with Gasteiger partial charge in [-0.1, -0.05) is 17.9 Å². The summed E-state index contributed by atoms with van der Waals surface area (Å²) in [5, 5.41) is 13.7. The van der Waals surface area contributed by atoms with Crippen molar-refractivity contribution in [2.75, 3.05) is 32.5 Å². The number of aromatic amines is 1. The number of rotatable bonds is 4. The monoisotopic (exact) mass is 521 g/mol. The predicted octanol–water partition coefficient (Wildman–Crippen LogP) is 5.25. The van der Waals surface area contributed by atoms with Crippen LogP contribution in [0.5, 0.6) is 0 Å². The average Bonchev–Trinajstić information content (AvgIpc) is 3.53. The summed E-state index contributed by atoms with van der Waals surface area (Å²) in [5.74, 6) is 6.10. The highest BCUT2D eigenvalue weighted by Crippen LogP contribution is 2.35. The fourth-order valence-electron chi connectivity index (χ4n) is 4.21. The molecule has 198 valence electrons. The van der Waals surface area contributed by atoms with Crippen LogP contribution in [-0.4, -0.2) is 52.3 Å². The second-order valence-corrected chi connectivity index (χ2v) is 9.13. The van der Waals surface area contributed by atoms with E-state index in [2.05, 4.69) is 47.5 Å². The smallest absolute Gasteiger partial charge is 0.354 e. The van der Waals surface area contributed by atoms with Gasteiger partial charge in [-0.3, -0.25) is 15.0 Å². The Morgan fingerprint density at radius 1 is 0.974 bits per heavy atom. The number of fused-ring (bicyclic) bond motifs is 1. The van der Waals surface area contributed by atoms with Gasteiger partial charge in [-0.05, 0) is 76.8 Å². The number of benzene rings is 1. The van der Waals surface area contributed by atoms with Crippen molar-refractivity contribution in [1.82, 2.24) is 30.4 Å². The van der Waals surface area contributed by atoms with E-state index in [1.165, 1.54) is 0 Å². The number of halogens is 3. The van der Waals surface area contributed by atoms with Crippen molar-refractivity contribution in [2.45, 2.75) is 32.5 Å². The van der Waals surface area contributed by atoms with E-state index in [9.17, 15) is 13.2 Å². The molecule has 0 bridgehead atoms. The quantitative estimate of drug-likeness (QED) is 0.318. The van der Waals surface area contributed by atoms with Gasteiger partial charge in [0.1, 0.15) is 0 Å². The summed E-state index contributed by atoms with van der Waals surface area (Å²) in [6.07, 6.45) is 2.43. The minimum atomic E-state index is -4.43. The molecule has 1 aliphatic heterocycles. The fourth-order valence-corrected chi connectivity index (χ4v) is 4.21. The van der Waals surface area contributed by atoms with Crippen LogP contribution < -0.4 is 10.6 Å². The molecule has 4 aromatic rings. The van der Waals surface area contributed by atoms with Crippen molar-refractivity contribution in [2.24, 2.45) is 0 Å². The number of hydrogen-bond acceptors (Lipinski definition) is 6. The van der Waals surface area contributed by atoms with E-state index < -0.39 is 11.7 Å². The minimum absolute atomic E-state index is 0.293. The number of likely N-dealkylation sites (tertiary alicyclic amines) is 1. The first-order chi connectivity index (χ1) is 18.3. The van der Waals surface area contributed by atoms with E-state index in [1.54, 1.807) is 36.8 Å². The van der Waals surface area contributed by atoms with E-state index in [0.717, 1.165) is 48.6 Å². The van der Waals surface area contributed by atoms with Crippen molar-refractivity contribution in [1.29, 1.82) is 0 Å². The van der Waals surface area contributed by atoms with Crippen molar-refractivity contribution in [3.05, 3.63) is 76.9 Å². The number of alkyl halides is 3. The van der Waals surface area contributed by atoms with Gasteiger partial charge < -0.3 is 10.6 Å². The van der Waals surface area contributed by atoms with Crippen molar-refractivity contribution in [3.63, 3.8) is 0 Å². The third kappa shape index (κ3) is 6.88. The number of aryl methyl sites for hydroxylation is 1. The second kappa shape index (κ2) is 12.1. The summed E-state index contributed by atoms with van der Waals surface area (Å²) >= 11 is 0. The van der Waals surface area contributed by atoms with Gasteiger partial charge in [0.2, 0.25) is 0 Å². The number of hydrogen-bond donors (Lipinski definition) is 3.